The third-order valence-electron chi connectivity index (χ3n) is 4.72. The molecule has 0 aromatic heterocycles. The maximum atomic E-state index is 12.5. The molecule has 1 N–H and O–H groups in total. The monoisotopic (exact) mass is 496 g/mol. The number of carbonyl (C=O) groups is 2. The summed E-state index contributed by atoms with van der Waals surface area (Å²) in [5, 5.41) is 3.47. The lowest BCUT2D eigenvalue weighted by molar-refractivity contribution is -0.121. The minimum atomic E-state index is -0.280. The van der Waals surface area contributed by atoms with Crippen molar-refractivity contribution in [2.24, 2.45) is 0 Å². The molecule has 3 aromatic rings. The van der Waals surface area contributed by atoms with E-state index in [1.54, 1.807) is 41.3 Å². The minimum absolute atomic E-state index is 0.0148. The summed E-state index contributed by atoms with van der Waals surface area (Å²) >= 11 is 9.30. The number of halogens is 2. The van der Waals surface area contributed by atoms with Gasteiger partial charge in [-0.05, 0) is 59.7 Å². The predicted octanol–water partition coefficient (Wildman–Crippen LogP) is 5.68. The quantitative estimate of drug-likeness (QED) is 0.461. The lowest BCUT2D eigenvalue weighted by atomic mass is 10.1. The molecule has 0 bridgehead atoms. The Hall–Kier alpha value is -3.09. The summed E-state index contributed by atoms with van der Waals surface area (Å²) in [4.78, 5) is 26.5. The Labute approximate surface area is 193 Å². The van der Waals surface area contributed by atoms with Crippen molar-refractivity contribution in [1.29, 1.82) is 0 Å². The molecule has 0 radical (unpaired) electrons. The normalized spacial score (nSPS) is 13.1. The van der Waals surface area contributed by atoms with E-state index in [2.05, 4.69) is 21.2 Å². The summed E-state index contributed by atoms with van der Waals surface area (Å²) in [5.41, 5.74) is 3.05. The van der Waals surface area contributed by atoms with E-state index >= 15 is 0 Å². The number of nitrogens with one attached hydrogen (secondary N) is 1. The van der Waals surface area contributed by atoms with Crippen molar-refractivity contribution < 1.29 is 14.3 Å². The van der Waals surface area contributed by atoms with Gasteiger partial charge in [-0.25, -0.2) is 0 Å². The number of benzene rings is 3. The molecular formula is C24H18BrClN2O3. The molecule has 0 atom stereocenters. The largest absolute Gasteiger partial charge is 0.482 e. The Morgan fingerprint density at radius 3 is 2.58 bits per heavy atom. The Bertz CT molecular complexity index is 1140. The van der Waals surface area contributed by atoms with Crippen molar-refractivity contribution in [2.75, 3.05) is 16.8 Å². The molecular weight excluding hydrogens is 480 g/mol. The highest BCUT2D eigenvalue weighted by molar-refractivity contribution is 9.10. The fraction of sp³-hybridized carbons (Fsp3) is 0.0833. The number of rotatable bonds is 5. The number of nitrogens with zero attached hydrogens (tertiary/aromatic N) is 1. The molecule has 5 nitrogen and oxygen atoms in total. The van der Waals surface area contributed by atoms with E-state index in [0.717, 1.165) is 15.6 Å². The molecule has 3 aromatic carbocycles. The summed E-state index contributed by atoms with van der Waals surface area (Å²) in [6.45, 7) is 0.398. The van der Waals surface area contributed by atoms with Gasteiger partial charge in [0, 0.05) is 21.3 Å². The van der Waals surface area contributed by atoms with E-state index in [9.17, 15) is 9.59 Å². The van der Waals surface area contributed by atoms with Crippen LogP contribution in [0.5, 0.6) is 5.75 Å². The molecule has 1 aliphatic rings. The molecule has 0 fully saturated rings. The van der Waals surface area contributed by atoms with Crippen LogP contribution in [0.1, 0.15) is 11.1 Å². The van der Waals surface area contributed by atoms with Gasteiger partial charge >= 0.3 is 0 Å². The van der Waals surface area contributed by atoms with Gasteiger partial charge in [-0.15, -0.1) is 0 Å². The second kappa shape index (κ2) is 9.37. The zero-order chi connectivity index (χ0) is 21.8. The molecule has 0 unspecified atom stereocenters. The fourth-order valence-corrected chi connectivity index (χ4v) is 3.55. The van der Waals surface area contributed by atoms with Crippen molar-refractivity contribution >= 4 is 56.8 Å². The number of carbonyl (C=O) groups excluding carboxylic acids is 2. The SMILES string of the molecule is O=C(/C=C/c1ccc(Cl)cc1)Nc1ccc2c(c1)N(Cc1ccc(Br)cc1)C(=O)CO2. The number of anilines is 2. The van der Waals surface area contributed by atoms with Crippen LogP contribution in [0.4, 0.5) is 11.4 Å². The van der Waals surface area contributed by atoms with Gasteiger partial charge in [-0.3, -0.25) is 9.59 Å². The average Bonchev–Trinajstić information content (AvgIpc) is 2.77. The first-order valence-corrected chi connectivity index (χ1v) is 10.7. The molecule has 7 heteroatoms. The van der Waals surface area contributed by atoms with Crippen LogP contribution in [0.2, 0.25) is 5.02 Å². The summed E-state index contributed by atoms with van der Waals surface area (Å²) in [7, 11) is 0. The van der Waals surface area contributed by atoms with Crippen LogP contribution in [0, 0.1) is 0 Å². The minimum Gasteiger partial charge on any atom is -0.482 e. The second-order valence-corrected chi connectivity index (χ2v) is 8.30. The standard InChI is InChI=1S/C24H18BrClN2O3/c25-18-6-1-17(2-7-18)14-28-21-13-20(10-11-22(21)31-15-24(28)30)27-23(29)12-5-16-3-8-19(26)9-4-16/h1-13H,14-15H2,(H,27,29)/b12-5+. The first-order valence-electron chi connectivity index (χ1n) is 9.54. The van der Waals surface area contributed by atoms with Crippen LogP contribution in [-0.2, 0) is 16.1 Å². The van der Waals surface area contributed by atoms with E-state index in [-0.39, 0.29) is 18.4 Å². The summed E-state index contributed by atoms with van der Waals surface area (Å²) in [6, 6.07) is 20.2. The predicted molar refractivity (Wildman–Crippen MR) is 126 cm³/mol. The number of hydrogen-bond donors (Lipinski definition) is 1. The molecule has 0 saturated carbocycles. The van der Waals surface area contributed by atoms with Gasteiger partial charge in [0.2, 0.25) is 5.91 Å². The van der Waals surface area contributed by atoms with Crippen molar-refractivity contribution in [2.45, 2.75) is 6.54 Å². The van der Waals surface area contributed by atoms with Gasteiger partial charge in [-0.2, -0.15) is 0 Å². The maximum Gasteiger partial charge on any atom is 0.265 e. The van der Waals surface area contributed by atoms with Gasteiger partial charge in [-0.1, -0.05) is 51.8 Å². The van der Waals surface area contributed by atoms with Gasteiger partial charge in [0.1, 0.15) is 5.75 Å². The molecule has 4 rings (SSSR count). The summed E-state index contributed by atoms with van der Waals surface area (Å²) < 4.78 is 6.54. The van der Waals surface area contributed by atoms with Crippen molar-refractivity contribution in [3.05, 3.63) is 93.4 Å². The third kappa shape index (κ3) is 5.34. The topological polar surface area (TPSA) is 58.6 Å². The smallest absolute Gasteiger partial charge is 0.265 e. The Morgan fingerprint density at radius 2 is 1.84 bits per heavy atom. The Balaban J connectivity index is 1.51. The zero-order valence-electron chi connectivity index (χ0n) is 16.3. The van der Waals surface area contributed by atoms with Crippen molar-refractivity contribution in [3.63, 3.8) is 0 Å². The molecule has 1 heterocycles. The number of fused-ring (bicyclic) bond motifs is 1. The first kappa shape index (κ1) is 21.2. The van der Waals surface area contributed by atoms with Gasteiger partial charge in [0.15, 0.2) is 6.61 Å². The average molecular weight is 498 g/mol. The lowest BCUT2D eigenvalue weighted by Crippen LogP contribution is -2.38. The number of ether oxygens (including phenoxy) is 1. The van der Waals surface area contributed by atoms with Crippen LogP contribution >= 0.6 is 27.5 Å². The van der Waals surface area contributed by atoms with E-state index in [1.807, 2.05) is 36.4 Å². The van der Waals surface area contributed by atoms with Gasteiger partial charge in [0.25, 0.3) is 5.91 Å². The highest BCUT2D eigenvalue weighted by Crippen LogP contribution is 2.35. The number of hydrogen-bond acceptors (Lipinski definition) is 3. The van der Waals surface area contributed by atoms with Crippen LogP contribution in [0.3, 0.4) is 0 Å². The maximum absolute atomic E-state index is 12.5. The van der Waals surface area contributed by atoms with Crippen LogP contribution in [0.25, 0.3) is 6.08 Å². The molecule has 0 spiro atoms. The van der Waals surface area contributed by atoms with Crippen molar-refractivity contribution in [3.8, 4) is 5.75 Å². The van der Waals surface area contributed by atoms with Crippen molar-refractivity contribution in [1.82, 2.24) is 0 Å². The molecule has 156 valence electrons. The second-order valence-electron chi connectivity index (χ2n) is 6.95. The van der Waals surface area contributed by atoms with E-state index < -0.39 is 0 Å². The molecule has 31 heavy (non-hydrogen) atoms. The Morgan fingerprint density at radius 1 is 1.10 bits per heavy atom. The third-order valence-corrected chi connectivity index (χ3v) is 5.50. The van der Waals surface area contributed by atoms with Gasteiger partial charge in [0.05, 0.1) is 12.2 Å². The first-order chi connectivity index (χ1) is 15.0. The van der Waals surface area contributed by atoms with Gasteiger partial charge < -0.3 is 15.0 Å². The number of amides is 2. The lowest BCUT2D eigenvalue weighted by Gasteiger charge is -2.30. The molecule has 0 saturated heterocycles. The van der Waals surface area contributed by atoms with E-state index in [0.29, 0.717) is 28.7 Å². The Kier molecular flexibility index (Phi) is 6.39. The van der Waals surface area contributed by atoms with Crippen LogP contribution in [0.15, 0.2) is 77.3 Å². The molecule has 1 aliphatic heterocycles. The van der Waals surface area contributed by atoms with Crippen LogP contribution in [-0.4, -0.2) is 18.4 Å². The van der Waals surface area contributed by atoms with Crippen LogP contribution < -0.4 is 15.0 Å². The summed E-state index contributed by atoms with van der Waals surface area (Å²) in [6.07, 6.45) is 3.15. The van der Waals surface area contributed by atoms with E-state index in [1.165, 1.54) is 6.08 Å². The molecule has 0 aliphatic carbocycles. The highest BCUT2D eigenvalue weighted by Gasteiger charge is 2.26. The highest BCUT2D eigenvalue weighted by atomic mass is 79.9. The fourth-order valence-electron chi connectivity index (χ4n) is 3.16. The molecule has 2 amide bonds. The van der Waals surface area contributed by atoms with E-state index in [4.69, 9.17) is 16.3 Å². The zero-order valence-corrected chi connectivity index (χ0v) is 18.7. The summed E-state index contributed by atoms with van der Waals surface area (Å²) in [5.74, 6) is 0.186.